The number of anilines is 2. The zero-order chi connectivity index (χ0) is 24.2. The number of morpholine rings is 1. The minimum absolute atomic E-state index is 0.173. The van der Waals surface area contributed by atoms with Crippen molar-refractivity contribution in [3.05, 3.63) is 60.0 Å². The number of amidine groups is 1. The fraction of sp³-hybridized carbons (Fsp3) is 0.182. The molecule has 3 aromatic rings. The number of nitrogen functional groups attached to an aromatic ring is 1. The predicted molar refractivity (Wildman–Crippen MR) is 124 cm³/mol. The number of carbonyl (C=O) groups excluding carboxylic acids is 2. The van der Waals surface area contributed by atoms with E-state index in [0.29, 0.717) is 22.8 Å². The Morgan fingerprint density at radius 2 is 2.18 bits per heavy atom. The molecule has 1 aromatic carbocycles. The maximum Gasteiger partial charge on any atom is 0.257 e. The second-order valence-electron chi connectivity index (χ2n) is 7.45. The van der Waals surface area contributed by atoms with E-state index in [4.69, 9.17) is 29.0 Å². The van der Waals surface area contributed by atoms with Crippen molar-refractivity contribution in [2.45, 2.75) is 12.5 Å². The van der Waals surface area contributed by atoms with Crippen LogP contribution in [0.15, 0.2) is 48.8 Å². The van der Waals surface area contributed by atoms with Crippen molar-refractivity contribution >= 4 is 42.5 Å². The van der Waals surface area contributed by atoms with Crippen molar-refractivity contribution in [3.63, 3.8) is 0 Å². The van der Waals surface area contributed by atoms with Gasteiger partial charge in [0.05, 0.1) is 25.3 Å². The van der Waals surface area contributed by atoms with Crippen molar-refractivity contribution in [3.8, 4) is 11.8 Å². The van der Waals surface area contributed by atoms with E-state index < -0.39 is 12.0 Å². The van der Waals surface area contributed by atoms with Crippen LogP contribution < -0.4 is 21.4 Å². The van der Waals surface area contributed by atoms with Crippen molar-refractivity contribution < 1.29 is 14.3 Å². The first-order valence-electron chi connectivity index (χ1n) is 10.2. The van der Waals surface area contributed by atoms with Crippen molar-refractivity contribution in [2.24, 2.45) is 5.73 Å². The molecule has 1 saturated heterocycles. The number of carbonyl (C=O) groups is 2. The molecule has 2 amide bonds. The van der Waals surface area contributed by atoms with Crippen LogP contribution >= 0.6 is 0 Å². The summed E-state index contributed by atoms with van der Waals surface area (Å²) in [5, 5.41) is 23.6. The number of hydrogen-bond donors (Lipinski definition) is 3. The Labute approximate surface area is 196 Å². The average Bonchev–Trinajstić information content (AvgIpc) is 3.30. The lowest BCUT2D eigenvalue weighted by atomic mass is 9.89. The Balaban J connectivity index is 1.43. The number of aromatic nitrogens is 3. The van der Waals surface area contributed by atoms with Gasteiger partial charge in [0.15, 0.2) is 5.82 Å². The topological polar surface area (TPSA) is 163 Å². The second kappa shape index (κ2) is 9.56. The monoisotopic (exact) mass is 454 g/mol. The number of nitrogens with zero attached hydrogens (tertiary/aromatic N) is 5. The van der Waals surface area contributed by atoms with Gasteiger partial charge in [0, 0.05) is 35.8 Å². The van der Waals surface area contributed by atoms with Gasteiger partial charge in [-0.2, -0.15) is 5.26 Å². The number of rotatable bonds is 6. The highest BCUT2D eigenvalue weighted by molar-refractivity contribution is 6.37. The molecule has 1 aliphatic rings. The van der Waals surface area contributed by atoms with Crippen molar-refractivity contribution in [1.82, 2.24) is 14.8 Å². The van der Waals surface area contributed by atoms with E-state index in [1.807, 2.05) is 6.07 Å². The molecule has 168 valence electrons. The lowest BCUT2D eigenvalue weighted by Gasteiger charge is -2.30. The van der Waals surface area contributed by atoms with Crippen molar-refractivity contribution in [1.29, 1.82) is 10.7 Å². The summed E-state index contributed by atoms with van der Waals surface area (Å²) in [5.41, 5.74) is 7.37. The first-order valence-corrected chi connectivity index (χ1v) is 10.2. The average molecular weight is 454 g/mol. The van der Waals surface area contributed by atoms with Gasteiger partial charge >= 0.3 is 0 Å². The summed E-state index contributed by atoms with van der Waals surface area (Å²) in [6.07, 6.45) is 2.01. The van der Waals surface area contributed by atoms with Gasteiger partial charge in [-0.05, 0) is 24.3 Å². The van der Waals surface area contributed by atoms with Gasteiger partial charge in [0.25, 0.3) is 5.91 Å². The molecule has 11 nitrogen and oxygen atoms in total. The number of hydrogen-bond acceptors (Lipinski definition) is 7. The summed E-state index contributed by atoms with van der Waals surface area (Å²) in [6.45, 7) is 0.529. The molecule has 0 saturated carbocycles. The molecule has 12 heteroatoms. The number of nitrogens with two attached hydrogens (primary N) is 1. The smallest absolute Gasteiger partial charge is 0.257 e. The molecule has 3 heterocycles. The van der Waals surface area contributed by atoms with Crippen LogP contribution in [0.2, 0.25) is 0 Å². The molecule has 4 N–H and O–H groups in total. The number of benzene rings is 1. The molecule has 0 bridgehead atoms. The number of nitriles is 1. The van der Waals surface area contributed by atoms with Crippen LogP contribution in [0.3, 0.4) is 0 Å². The first kappa shape index (κ1) is 22.7. The summed E-state index contributed by atoms with van der Waals surface area (Å²) in [7, 11) is 5.86. The van der Waals surface area contributed by atoms with E-state index in [-0.39, 0.29) is 42.5 Å². The molecule has 4 rings (SSSR count). The Morgan fingerprint density at radius 3 is 2.91 bits per heavy atom. The fourth-order valence-electron chi connectivity index (χ4n) is 3.51. The molecule has 0 spiro atoms. The molecular weight excluding hydrogens is 435 g/mol. The summed E-state index contributed by atoms with van der Waals surface area (Å²) < 4.78 is 7.09. The van der Waals surface area contributed by atoms with E-state index in [9.17, 15) is 9.59 Å². The lowest BCUT2D eigenvalue weighted by Crippen LogP contribution is -2.49. The summed E-state index contributed by atoms with van der Waals surface area (Å²) in [5.74, 6) is -0.581. The van der Waals surface area contributed by atoms with Crippen LogP contribution in [0, 0.1) is 16.7 Å². The normalized spacial score (nSPS) is 15.6. The van der Waals surface area contributed by atoms with E-state index in [0.717, 1.165) is 0 Å². The molecule has 1 unspecified atom stereocenters. The van der Waals surface area contributed by atoms with E-state index in [1.165, 1.54) is 27.9 Å². The van der Waals surface area contributed by atoms with Gasteiger partial charge in [-0.3, -0.25) is 19.9 Å². The van der Waals surface area contributed by atoms with Crippen LogP contribution in [0.1, 0.15) is 17.7 Å². The third-order valence-corrected chi connectivity index (χ3v) is 5.15. The van der Waals surface area contributed by atoms with E-state index in [1.54, 1.807) is 30.5 Å². The Morgan fingerprint density at radius 1 is 1.35 bits per heavy atom. The number of ether oxygens (including phenoxy) is 1. The van der Waals surface area contributed by atoms with Crippen LogP contribution in [-0.2, 0) is 14.3 Å². The fourth-order valence-corrected chi connectivity index (χ4v) is 3.51. The van der Waals surface area contributed by atoms with E-state index in [2.05, 4.69) is 15.4 Å². The maximum absolute atomic E-state index is 13.0. The van der Waals surface area contributed by atoms with Gasteiger partial charge in [-0.15, -0.1) is 5.10 Å². The summed E-state index contributed by atoms with van der Waals surface area (Å²) in [6, 6.07) is 11.5. The van der Waals surface area contributed by atoms with Gasteiger partial charge in [-0.1, -0.05) is 5.46 Å². The third kappa shape index (κ3) is 4.79. The number of pyridine rings is 1. The first-order chi connectivity index (χ1) is 16.4. The van der Waals surface area contributed by atoms with Gasteiger partial charge in [0.1, 0.15) is 31.5 Å². The molecular formula is C22H19BN8O3. The molecule has 1 fully saturated rings. The van der Waals surface area contributed by atoms with Crippen LogP contribution in [-0.4, -0.2) is 59.5 Å². The SMILES string of the molecule is [B]c1cc(NC(=O)CC2OCCN(c3ccn(-c4ccnc(C#N)c4)n3)C2=O)ccc1C(=N)N. The second-order valence-corrected chi connectivity index (χ2v) is 7.45. The van der Waals surface area contributed by atoms with Gasteiger partial charge in [0.2, 0.25) is 5.91 Å². The molecule has 1 aliphatic heterocycles. The van der Waals surface area contributed by atoms with Crippen molar-refractivity contribution in [2.75, 3.05) is 23.4 Å². The van der Waals surface area contributed by atoms with Crippen LogP contribution in [0.4, 0.5) is 11.5 Å². The Kier molecular flexibility index (Phi) is 6.38. The summed E-state index contributed by atoms with van der Waals surface area (Å²) >= 11 is 0. The van der Waals surface area contributed by atoms with Gasteiger partial charge < -0.3 is 15.8 Å². The lowest BCUT2D eigenvalue weighted by molar-refractivity contribution is -0.138. The summed E-state index contributed by atoms with van der Waals surface area (Å²) in [4.78, 5) is 30.9. The molecule has 1 atom stereocenters. The minimum Gasteiger partial charge on any atom is -0.384 e. The van der Waals surface area contributed by atoms with Crippen LogP contribution in [0.25, 0.3) is 5.69 Å². The maximum atomic E-state index is 13.0. The van der Waals surface area contributed by atoms with Crippen LogP contribution in [0.5, 0.6) is 0 Å². The highest BCUT2D eigenvalue weighted by atomic mass is 16.5. The zero-order valence-electron chi connectivity index (χ0n) is 17.9. The quantitative estimate of drug-likeness (QED) is 0.268. The molecule has 0 aliphatic carbocycles. The molecule has 34 heavy (non-hydrogen) atoms. The van der Waals surface area contributed by atoms with E-state index >= 15 is 0 Å². The molecule has 2 aromatic heterocycles. The largest absolute Gasteiger partial charge is 0.384 e. The predicted octanol–water partition coefficient (Wildman–Crippen LogP) is -0.0226. The highest BCUT2D eigenvalue weighted by Crippen LogP contribution is 2.20. The highest BCUT2D eigenvalue weighted by Gasteiger charge is 2.33. The minimum atomic E-state index is -0.973. The Hall–Kier alpha value is -4.50. The number of amides is 2. The zero-order valence-corrected chi connectivity index (χ0v) is 17.9. The van der Waals surface area contributed by atoms with Gasteiger partial charge in [-0.25, -0.2) is 9.67 Å². The third-order valence-electron chi connectivity index (χ3n) is 5.15. The molecule has 2 radical (unpaired) electrons. The number of nitrogens with one attached hydrogen (secondary N) is 2. The Bertz CT molecular complexity index is 1320. The standard InChI is InChI=1S/C22H19BN8O3/c23-17-10-13(1-2-16(17)21(25)26)28-20(32)11-18-22(33)30(7-8-34-18)19-4-6-31(29-19)15-3-5-27-14(9-15)12-24/h1-6,9-10,18H,7-8,11H2,(H3,25,26)(H,28,32).